The van der Waals surface area contributed by atoms with Gasteiger partial charge in [-0.3, -0.25) is 0 Å². The Kier molecular flexibility index (Phi) is 4.43. The van der Waals surface area contributed by atoms with Crippen molar-refractivity contribution in [3.8, 4) is 0 Å². The molecule has 0 spiro atoms. The molecule has 5 heteroatoms. The first-order valence-corrected chi connectivity index (χ1v) is 7.03. The van der Waals surface area contributed by atoms with Crippen LogP contribution in [-0.4, -0.2) is 5.11 Å². The van der Waals surface area contributed by atoms with Gasteiger partial charge in [0.1, 0.15) is 11.9 Å². The third kappa shape index (κ3) is 3.12. The summed E-state index contributed by atoms with van der Waals surface area (Å²) >= 11 is 12.3. The quantitative estimate of drug-likeness (QED) is 0.753. The van der Waals surface area contributed by atoms with Crippen LogP contribution in [0.4, 0.5) is 4.39 Å². The first-order chi connectivity index (χ1) is 8.47. The predicted molar refractivity (Wildman–Crippen MR) is 77.3 cm³/mol. The lowest BCUT2D eigenvalue weighted by Crippen LogP contribution is -2.02. The molecule has 1 N–H and O–H groups in total. The largest absolute Gasteiger partial charge is 0.384 e. The molecule has 0 amide bonds. The van der Waals surface area contributed by atoms with Gasteiger partial charge in [-0.25, -0.2) is 4.39 Å². The maximum atomic E-state index is 13.7. The van der Waals surface area contributed by atoms with Gasteiger partial charge in [0.2, 0.25) is 0 Å². The van der Waals surface area contributed by atoms with Gasteiger partial charge in [-0.05, 0) is 35.9 Å². The second-order valence-electron chi connectivity index (χ2n) is 3.77. The number of aliphatic hydroxyl groups excluding tert-OH is 1. The van der Waals surface area contributed by atoms with E-state index in [-0.39, 0.29) is 5.56 Å². The Balaban J connectivity index is 2.44. The van der Waals surface area contributed by atoms with E-state index < -0.39 is 11.9 Å². The highest BCUT2D eigenvalue weighted by atomic mass is 79.9. The Morgan fingerprint density at radius 2 is 1.67 bits per heavy atom. The number of halogens is 4. The van der Waals surface area contributed by atoms with Crippen molar-refractivity contribution in [1.82, 2.24) is 0 Å². The summed E-state index contributed by atoms with van der Waals surface area (Å²) in [6.07, 6.45) is -1.03. The Morgan fingerprint density at radius 1 is 1.06 bits per heavy atom. The van der Waals surface area contributed by atoms with E-state index in [4.69, 9.17) is 11.6 Å². The highest BCUT2D eigenvalue weighted by Gasteiger charge is 2.16. The standard InChI is InChI=1S/C13H8Br2ClFO/c14-8-3-7(4-9(15)5-8)13(18)11-2-1-10(16)6-12(11)17/h1-6,13,18H. The van der Waals surface area contributed by atoms with E-state index in [1.54, 1.807) is 18.2 Å². The van der Waals surface area contributed by atoms with Gasteiger partial charge in [0, 0.05) is 19.5 Å². The lowest BCUT2D eigenvalue weighted by molar-refractivity contribution is 0.215. The minimum Gasteiger partial charge on any atom is -0.384 e. The minimum atomic E-state index is -1.03. The number of benzene rings is 2. The summed E-state index contributed by atoms with van der Waals surface area (Å²) in [7, 11) is 0. The van der Waals surface area contributed by atoms with Crippen molar-refractivity contribution in [2.24, 2.45) is 0 Å². The smallest absolute Gasteiger partial charge is 0.130 e. The fourth-order valence-electron chi connectivity index (χ4n) is 1.64. The van der Waals surface area contributed by atoms with Gasteiger partial charge < -0.3 is 5.11 Å². The molecule has 1 nitrogen and oxygen atoms in total. The van der Waals surface area contributed by atoms with Crippen LogP contribution in [0.3, 0.4) is 0 Å². The molecule has 0 radical (unpaired) electrons. The molecule has 0 aromatic heterocycles. The Labute approximate surface area is 126 Å². The molecule has 1 unspecified atom stereocenters. The molecule has 0 aliphatic heterocycles. The Hall–Kier alpha value is -0.420. The molecular weight excluding hydrogens is 386 g/mol. The van der Waals surface area contributed by atoms with Crippen LogP contribution in [0.2, 0.25) is 5.02 Å². The van der Waals surface area contributed by atoms with Crippen LogP contribution in [0.15, 0.2) is 45.3 Å². The minimum absolute atomic E-state index is 0.199. The summed E-state index contributed by atoms with van der Waals surface area (Å²) in [5, 5.41) is 10.5. The van der Waals surface area contributed by atoms with Crippen molar-refractivity contribution >= 4 is 43.5 Å². The van der Waals surface area contributed by atoms with Crippen LogP contribution in [0.1, 0.15) is 17.2 Å². The summed E-state index contributed by atoms with van der Waals surface area (Å²) in [6, 6.07) is 9.54. The molecule has 0 aliphatic rings. The molecular formula is C13H8Br2ClFO. The van der Waals surface area contributed by atoms with Crippen molar-refractivity contribution < 1.29 is 9.50 Å². The van der Waals surface area contributed by atoms with Crippen molar-refractivity contribution in [2.45, 2.75) is 6.10 Å². The lowest BCUT2D eigenvalue weighted by Gasteiger charge is -2.13. The van der Waals surface area contributed by atoms with Gasteiger partial charge in [0.15, 0.2) is 0 Å². The van der Waals surface area contributed by atoms with Gasteiger partial charge >= 0.3 is 0 Å². The highest BCUT2D eigenvalue weighted by molar-refractivity contribution is 9.11. The second-order valence-corrected chi connectivity index (χ2v) is 6.04. The maximum absolute atomic E-state index is 13.7. The first kappa shape index (κ1) is 14.0. The molecule has 2 aromatic carbocycles. The molecule has 18 heavy (non-hydrogen) atoms. The molecule has 2 rings (SSSR count). The number of hydrogen-bond acceptors (Lipinski definition) is 1. The molecule has 2 aromatic rings. The lowest BCUT2D eigenvalue weighted by atomic mass is 10.0. The topological polar surface area (TPSA) is 20.2 Å². The van der Waals surface area contributed by atoms with E-state index in [1.165, 1.54) is 12.1 Å². The summed E-state index contributed by atoms with van der Waals surface area (Å²) in [4.78, 5) is 0. The predicted octanol–water partition coefficient (Wildman–Crippen LogP) is 5.09. The number of rotatable bonds is 2. The van der Waals surface area contributed by atoms with Gasteiger partial charge in [0.25, 0.3) is 0 Å². The SMILES string of the molecule is OC(c1cc(Br)cc(Br)c1)c1ccc(Cl)cc1F. The Morgan fingerprint density at radius 3 is 2.22 bits per heavy atom. The van der Waals surface area contributed by atoms with Crippen LogP contribution in [0.25, 0.3) is 0 Å². The van der Waals surface area contributed by atoms with Gasteiger partial charge in [0.05, 0.1) is 0 Å². The third-order valence-corrected chi connectivity index (χ3v) is 3.61. The fourth-order valence-corrected chi connectivity index (χ4v) is 3.12. The molecule has 94 valence electrons. The normalized spacial score (nSPS) is 12.5. The van der Waals surface area contributed by atoms with Crippen molar-refractivity contribution in [2.75, 3.05) is 0 Å². The molecule has 0 saturated carbocycles. The zero-order valence-corrected chi connectivity index (χ0v) is 12.9. The van der Waals surface area contributed by atoms with Crippen LogP contribution in [-0.2, 0) is 0 Å². The molecule has 0 bridgehead atoms. The average Bonchev–Trinajstić information content (AvgIpc) is 2.26. The zero-order valence-electron chi connectivity index (χ0n) is 9.00. The third-order valence-electron chi connectivity index (χ3n) is 2.46. The van der Waals surface area contributed by atoms with E-state index in [0.717, 1.165) is 8.95 Å². The first-order valence-electron chi connectivity index (χ1n) is 5.06. The van der Waals surface area contributed by atoms with Crippen LogP contribution >= 0.6 is 43.5 Å². The van der Waals surface area contributed by atoms with E-state index in [9.17, 15) is 9.50 Å². The van der Waals surface area contributed by atoms with Crippen molar-refractivity contribution in [3.63, 3.8) is 0 Å². The summed E-state index contributed by atoms with van der Waals surface area (Å²) in [6.45, 7) is 0. The molecule has 0 heterocycles. The summed E-state index contributed by atoms with van der Waals surface area (Å²) in [5.74, 6) is -0.522. The fraction of sp³-hybridized carbons (Fsp3) is 0.0769. The van der Waals surface area contributed by atoms with Crippen LogP contribution in [0, 0.1) is 5.82 Å². The van der Waals surface area contributed by atoms with E-state index in [1.807, 2.05) is 6.07 Å². The molecule has 0 fully saturated rings. The second kappa shape index (κ2) is 5.70. The molecule has 0 saturated heterocycles. The van der Waals surface area contributed by atoms with E-state index >= 15 is 0 Å². The van der Waals surface area contributed by atoms with Gasteiger partial charge in [-0.2, -0.15) is 0 Å². The van der Waals surface area contributed by atoms with Crippen molar-refractivity contribution in [3.05, 3.63) is 67.3 Å². The maximum Gasteiger partial charge on any atom is 0.130 e. The monoisotopic (exact) mass is 392 g/mol. The van der Waals surface area contributed by atoms with Gasteiger partial charge in [-0.1, -0.05) is 49.5 Å². The van der Waals surface area contributed by atoms with Crippen LogP contribution < -0.4 is 0 Å². The number of aliphatic hydroxyl groups is 1. The van der Waals surface area contributed by atoms with Crippen molar-refractivity contribution in [1.29, 1.82) is 0 Å². The molecule has 1 atom stereocenters. The average molecular weight is 394 g/mol. The Bertz CT molecular complexity index is 569. The zero-order chi connectivity index (χ0) is 13.3. The summed E-state index contributed by atoms with van der Waals surface area (Å²) in [5.41, 5.74) is 0.793. The highest BCUT2D eigenvalue weighted by Crippen LogP contribution is 2.30. The molecule has 0 aliphatic carbocycles. The van der Waals surface area contributed by atoms with Gasteiger partial charge in [-0.15, -0.1) is 0 Å². The van der Waals surface area contributed by atoms with Crippen LogP contribution in [0.5, 0.6) is 0 Å². The summed E-state index contributed by atoms with van der Waals surface area (Å²) < 4.78 is 15.3. The van der Waals surface area contributed by atoms with E-state index in [2.05, 4.69) is 31.9 Å². The van der Waals surface area contributed by atoms with E-state index in [0.29, 0.717) is 10.6 Å². The number of hydrogen-bond donors (Lipinski definition) is 1.